The minimum atomic E-state index is -4.93. The molecule has 4 rings (SSSR count). The molecule has 0 bridgehead atoms. The number of ether oxygens (including phenoxy) is 1. The summed E-state index contributed by atoms with van der Waals surface area (Å²) < 4.78 is 51.9. The number of carbonyl (C=O) groups is 2. The van der Waals surface area contributed by atoms with E-state index in [0.29, 0.717) is 5.56 Å². The number of carbonyl (C=O) groups excluding carboxylic acids is 2. The summed E-state index contributed by atoms with van der Waals surface area (Å²) in [4.78, 5) is 30.8. The van der Waals surface area contributed by atoms with Gasteiger partial charge in [-0.1, -0.05) is 32.0 Å². The normalized spacial score (nSPS) is 22.7. The second-order valence-corrected chi connectivity index (χ2v) is 8.76. The average Bonchev–Trinajstić information content (AvgIpc) is 3.22. The number of nitriles is 1. The van der Waals surface area contributed by atoms with E-state index >= 15 is 0 Å². The van der Waals surface area contributed by atoms with Crippen LogP contribution in [0.1, 0.15) is 36.5 Å². The Hall–Kier alpha value is -3.45. The van der Waals surface area contributed by atoms with Crippen LogP contribution in [0.25, 0.3) is 11.5 Å². The molecule has 0 N–H and O–H groups in total. The minimum Gasteiger partial charge on any atom is -0.431 e. The van der Waals surface area contributed by atoms with Crippen molar-refractivity contribution in [1.29, 1.82) is 5.26 Å². The van der Waals surface area contributed by atoms with Gasteiger partial charge in [0.1, 0.15) is 11.7 Å². The molecule has 2 heterocycles. The number of amides is 1. The summed E-state index contributed by atoms with van der Waals surface area (Å²) in [6.45, 7) is 3.25. The number of nitrogens with zero attached hydrogens (tertiary/aromatic N) is 3. The lowest BCUT2D eigenvalue weighted by molar-refractivity contribution is -0.153. The van der Waals surface area contributed by atoms with Crippen molar-refractivity contribution in [1.82, 2.24) is 9.88 Å². The largest absolute Gasteiger partial charge is 0.452 e. The molecule has 33 heavy (non-hydrogen) atoms. The molecular formula is C23H20F3N3O4. The fourth-order valence-electron chi connectivity index (χ4n) is 4.34. The van der Waals surface area contributed by atoms with Crippen LogP contribution in [0.2, 0.25) is 0 Å². The van der Waals surface area contributed by atoms with Gasteiger partial charge in [-0.25, -0.2) is 4.98 Å². The number of oxazole rings is 1. The molecule has 7 nitrogen and oxygen atoms in total. The molecule has 1 aromatic heterocycles. The van der Waals surface area contributed by atoms with E-state index in [0.717, 1.165) is 0 Å². The van der Waals surface area contributed by atoms with Crippen LogP contribution >= 0.6 is 0 Å². The monoisotopic (exact) mass is 459 g/mol. The Morgan fingerprint density at radius 3 is 2.58 bits per heavy atom. The quantitative estimate of drug-likeness (QED) is 0.673. The molecule has 2 aromatic rings. The molecule has 1 unspecified atom stereocenters. The standard InChI is InChI=1S/C23H20F3N3O4/c1-21(2)12-22(10-15(11-27)17(21)30)13-29(8-9-32-22)20(31)16-18(23(24,25)26)33-19(28-16)14-6-4-3-5-7-14/h3-7,10H,8-9,12-13H2,1-2H3. The van der Waals surface area contributed by atoms with Crippen LogP contribution in [0.3, 0.4) is 0 Å². The summed E-state index contributed by atoms with van der Waals surface area (Å²) in [5.41, 5.74) is -2.73. The fourth-order valence-corrected chi connectivity index (χ4v) is 4.34. The molecule has 1 amide bonds. The highest BCUT2D eigenvalue weighted by molar-refractivity contribution is 6.04. The summed E-state index contributed by atoms with van der Waals surface area (Å²) in [6.07, 6.45) is -3.38. The number of benzene rings is 1. The first-order chi connectivity index (χ1) is 15.5. The van der Waals surface area contributed by atoms with Gasteiger partial charge in [-0.05, 0) is 24.6 Å². The Labute approximate surface area is 187 Å². The van der Waals surface area contributed by atoms with Gasteiger partial charge in [-0.3, -0.25) is 9.59 Å². The van der Waals surface area contributed by atoms with Crippen LogP contribution in [0, 0.1) is 16.7 Å². The fraction of sp³-hybridized carbons (Fsp3) is 0.391. The number of ketones is 1. The van der Waals surface area contributed by atoms with E-state index in [1.807, 2.05) is 6.07 Å². The summed E-state index contributed by atoms with van der Waals surface area (Å²) in [5.74, 6) is -3.09. The van der Waals surface area contributed by atoms with Crippen LogP contribution in [0.5, 0.6) is 0 Å². The molecule has 1 atom stereocenters. The lowest BCUT2D eigenvalue weighted by atomic mass is 9.69. The summed E-state index contributed by atoms with van der Waals surface area (Å²) in [6, 6.07) is 9.84. The predicted molar refractivity (Wildman–Crippen MR) is 109 cm³/mol. The lowest BCUT2D eigenvalue weighted by Gasteiger charge is -2.46. The van der Waals surface area contributed by atoms with E-state index in [4.69, 9.17) is 9.15 Å². The van der Waals surface area contributed by atoms with Gasteiger partial charge < -0.3 is 14.1 Å². The maximum atomic E-state index is 13.7. The van der Waals surface area contributed by atoms with Crippen LogP contribution < -0.4 is 0 Å². The Morgan fingerprint density at radius 1 is 1.24 bits per heavy atom. The lowest BCUT2D eigenvalue weighted by Crippen LogP contribution is -2.57. The number of hydrogen-bond acceptors (Lipinski definition) is 6. The van der Waals surface area contributed by atoms with E-state index in [2.05, 4.69) is 4.98 Å². The highest BCUT2D eigenvalue weighted by Crippen LogP contribution is 2.42. The molecule has 10 heteroatoms. The number of halogens is 3. The first-order valence-corrected chi connectivity index (χ1v) is 10.2. The summed E-state index contributed by atoms with van der Waals surface area (Å²) >= 11 is 0. The van der Waals surface area contributed by atoms with Crippen molar-refractivity contribution in [3.05, 3.63) is 53.4 Å². The molecule has 0 saturated carbocycles. The van der Waals surface area contributed by atoms with Gasteiger partial charge in [0.15, 0.2) is 11.5 Å². The Balaban J connectivity index is 1.70. The molecule has 1 saturated heterocycles. The predicted octanol–water partition coefficient (Wildman–Crippen LogP) is 4.02. The molecule has 0 radical (unpaired) electrons. The first kappa shape index (κ1) is 22.7. The maximum Gasteiger partial charge on any atom is 0.452 e. The Bertz CT molecular complexity index is 1180. The highest BCUT2D eigenvalue weighted by Gasteiger charge is 2.50. The summed E-state index contributed by atoms with van der Waals surface area (Å²) in [5, 5.41) is 9.38. The number of allylic oxidation sites excluding steroid dienone is 1. The van der Waals surface area contributed by atoms with Gasteiger partial charge >= 0.3 is 6.18 Å². The Morgan fingerprint density at radius 2 is 1.94 bits per heavy atom. The van der Waals surface area contributed by atoms with E-state index in [1.54, 1.807) is 32.0 Å². The SMILES string of the molecule is CC1(C)CC2(C=C(C#N)C1=O)CN(C(=O)c1nc(-c3ccccc3)oc1C(F)(F)F)CCO2. The van der Waals surface area contributed by atoms with Gasteiger partial charge in [0, 0.05) is 17.5 Å². The number of hydrogen-bond donors (Lipinski definition) is 0. The van der Waals surface area contributed by atoms with Gasteiger partial charge in [0.2, 0.25) is 11.7 Å². The number of aromatic nitrogens is 1. The maximum absolute atomic E-state index is 13.7. The smallest absolute Gasteiger partial charge is 0.431 e. The van der Waals surface area contributed by atoms with Crippen molar-refractivity contribution in [3.8, 4) is 17.5 Å². The van der Waals surface area contributed by atoms with Gasteiger partial charge in [0.25, 0.3) is 5.91 Å². The number of rotatable bonds is 2. The molecule has 1 aliphatic heterocycles. The van der Waals surface area contributed by atoms with Crippen LogP contribution in [-0.4, -0.2) is 46.9 Å². The minimum absolute atomic E-state index is 0.0233. The highest BCUT2D eigenvalue weighted by atomic mass is 19.4. The van der Waals surface area contributed by atoms with Crippen LogP contribution in [-0.2, 0) is 15.7 Å². The van der Waals surface area contributed by atoms with E-state index < -0.39 is 34.6 Å². The number of Topliss-reactive ketones (excluding diaryl/α,β-unsaturated/α-hetero) is 1. The topological polar surface area (TPSA) is 96.4 Å². The van der Waals surface area contributed by atoms with Crippen molar-refractivity contribution < 1.29 is 31.9 Å². The molecule has 1 aliphatic carbocycles. The third-order valence-electron chi connectivity index (χ3n) is 5.73. The third kappa shape index (κ3) is 4.16. The summed E-state index contributed by atoms with van der Waals surface area (Å²) in [7, 11) is 0. The third-order valence-corrected chi connectivity index (χ3v) is 5.73. The zero-order valence-electron chi connectivity index (χ0n) is 17.9. The van der Waals surface area contributed by atoms with Crippen molar-refractivity contribution in [2.75, 3.05) is 19.7 Å². The van der Waals surface area contributed by atoms with Crippen molar-refractivity contribution in [2.24, 2.45) is 5.41 Å². The van der Waals surface area contributed by atoms with E-state index in [9.17, 15) is 28.0 Å². The van der Waals surface area contributed by atoms with Gasteiger partial charge in [0.05, 0.1) is 18.7 Å². The number of morpholine rings is 1. The average molecular weight is 459 g/mol. The van der Waals surface area contributed by atoms with Crippen molar-refractivity contribution >= 4 is 11.7 Å². The molecule has 1 aromatic carbocycles. The second kappa shape index (κ2) is 7.85. The second-order valence-electron chi connectivity index (χ2n) is 8.76. The molecule has 2 aliphatic rings. The zero-order valence-corrected chi connectivity index (χ0v) is 17.9. The zero-order chi connectivity index (χ0) is 24.0. The van der Waals surface area contributed by atoms with E-state index in [1.165, 1.54) is 23.1 Å². The first-order valence-electron chi connectivity index (χ1n) is 10.2. The Kier molecular flexibility index (Phi) is 5.41. The molecular weight excluding hydrogens is 439 g/mol. The van der Waals surface area contributed by atoms with E-state index in [-0.39, 0.29) is 43.4 Å². The van der Waals surface area contributed by atoms with Gasteiger partial charge in [-0.15, -0.1) is 0 Å². The van der Waals surface area contributed by atoms with Crippen LogP contribution in [0.15, 0.2) is 46.4 Å². The van der Waals surface area contributed by atoms with Crippen molar-refractivity contribution in [3.63, 3.8) is 0 Å². The van der Waals surface area contributed by atoms with Crippen molar-refractivity contribution in [2.45, 2.75) is 32.0 Å². The van der Waals surface area contributed by atoms with Crippen LogP contribution in [0.4, 0.5) is 13.2 Å². The number of alkyl halides is 3. The molecule has 1 fully saturated rings. The molecule has 1 spiro atoms. The molecule has 172 valence electrons. The van der Waals surface area contributed by atoms with Gasteiger partial charge in [-0.2, -0.15) is 18.4 Å².